The van der Waals surface area contributed by atoms with Crippen molar-refractivity contribution in [2.45, 2.75) is 6.54 Å². The minimum absolute atomic E-state index is 0.217. The smallest absolute Gasteiger partial charge is 0.339 e. The molecule has 7 heteroatoms. The van der Waals surface area contributed by atoms with Crippen molar-refractivity contribution in [3.63, 3.8) is 0 Å². The maximum absolute atomic E-state index is 12.0. The Labute approximate surface area is 120 Å². The van der Waals surface area contributed by atoms with E-state index in [1.165, 1.54) is 30.5 Å². The predicted molar refractivity (Wildman–Crippen MR) is 75.1 cm³/mol. The molecule has 0 fully saturated rings. The van der Waals surface area contributed by atoms with Gasteiger partial charge in [0, 0.05) is 30.1 Å². The van der Waals surface area contributed by atoms with Crippen molar-refractivity contribution in [3.05, 3.63) is 53.3 Å². The number of phenols is 1. The summed E-state index contributed by atoms with van der Waals surface area (Å²) in [4.78, 5) is 26.8. The highest BCUT2D eigenvalue weighted by Crippen LogP contribution is 2.22. The average Bonchev–Trinajstić information content (AvgIpc) is 2.47. The Hall–Kier alpha value is -2.93. The molecule has 0 spiro atoms. The van der Waals surface area contributed by atoms with Crippen molar-refractivity contribution in [3.8, 4) is 5.75 Å². The SMILES string of the molecule is NCc1cc(C(=O)Nc2ccc(C(=O)O)c(O)c2)ccn1. The highest BCUT2D eigenvalue weighted by molar-refractivity contribution is 6.04. The fourth-order valence-corrected chi connectivity index (χ4v) is 1.72. The number of carbonyl (C=O) groups excluding carboxylic acids is 1. The maximum Gasteiger partial charge on any atom is 0.339 e. The second-order valence-corrected chi connectivity index (χ2v) is 4.23. The summed E-state index contributed by atoms with van der Waals surface area (Å²) in [5, 5.41) is 20.9. The molecular weight excluding hydrogens is 274 g/mol. The number of aromatic carboxylic acids is 1. The first kappa shape index (κ1) is 14.5. The summed E-state index contributed by atoms with van der Waals surface area (Å²) in [6.45, 7) is 0.217. The predicted octanol–water partition coefficient (Wildman–Crippen LogP) is 1.20. The molecule has 0 aliphatic carbocycles. The highest BCUT2D eigenvalue weighted by atomic mass is 16.4. The molecule has 7 nitrogen and oxygen atoms in total. The molecule has 0 aliphatic heterocycles. The number of nitrogens with two attached hydrogens (primary N) is 1. The third-order valence-electron chi connectivity index (χ3n) is 2.77. The van der Waals surface area contributed by atoms with Gasteiger partial charge < -0.3 is 21.3 Å². The summed E-state index contributed by atoms with van der Waals surface area (Å²) in [5.74, 6) is -2.07. The highest BCUT2D eigenvalue weighted by Gasteiger charge is 2.12. The molecule has 1 heterocycles. The third kappa shape index (κ3) is 3.34. The van der Waals surface area contributed by atoms with Crippen LogP contribution in [0.5, 0.6) is 5.75 Å². The van der Waals surface area contributed by atoms with Crippen LogP contribution in [0.3, 0.4) is 0 Å². The van der Waals surface area contributed by atoms with Gasteiger partial charge >= 0.3 is 5.97 Å². The second-order valence-electron chi connectivity index (χ2n) is 4.23. The van der Waals surface area contributed by atoms with Crippen molar-refractivity contribution < 1.29 is 19.8 Å². The van der Waals surface area contributed by atoms with E-state index in [1.807, 2.05) is 0 Å². The lowest BCUT2D eigenvalue weighted by molar-refractivity contribution is 0.0693. The molecule has 0 radical (unpaired) electrons. The van der Waals surface area contributed by atoms with Gasteiger partial charge in [-0.05, 0) is 24.3 Å². The second kappa shape index (κ2) is 6.02. The molecule has 1 aromatic heterocycles. The minimum Gasteiger partial charge on any atom is -0.507 e. The number of benzene rings is 1. The van der Waals surface area contributed by atoms with Crippen LogP contribution in [0.25, 0.3) is 0 Å². The maximum atomic E-state index is 12.0. The van der Waals surface area contributed by atoms with E-state index in [2.05, 4.69) is 10.3 Å². The van der Waals surface area contributed by atoms with Gasteiger partial charge in [-0.15, -0.1) is 0 Å². The number of aromatic hydroxyl groups is 1. The van der Waals surface area contributed by atoms with Gasteiger partial charge in [0.15, 0.2) is 0 Å². The zero-order chi connectivity index (χ0) is 15.4. The van der Waals surface area contributed by atoms with Gasteiger partial charge in [-0.2, -0.15) is 0 Å². The quantitative estimate of drug-likeness (QED) is 0.669. The van der Waals surface area contributed by atoms with Gasteiger partial charge in [0.1, 0.15) is 11.3 Å². The molecule has 0 saturated heterocycles. The van der Waals surface area contributed by atoms with E-state index in [0.717, 1.165) is 0 Å². The largest absolute Gasteiger partial charge is 0.507 e. The van der Waals surface area contributed by atoms with Gasteiger partial charge in [-0.25, -0.2) is 4.79 Å². The van der Waals surface area contributed by atoms with E-state index in [0.29, 0.717) is 11.3 Å². The van der Waals surface area contributed by atoms with E-state index in [9.17, 15) is 14.7 Å². The van der Waals surface area contributed by atoms with E-state index < -0.39 is 17.6 Å². The molecule has 0 bridgehead atoms. The van der Waals surface area contributed by atoms with Crippen LogP contribution in [0.2, 0.25) is 0 Å². The van der Waals surface area contributed by atoms with Crippen LogP contribution in [0, 0.1) is 0 Å². The first-order valence-electron chi connectivity index (χ1n) is 6.04. The van der Waals surface area contributed by atoms with Crippen molar-refractivity contribution in [1.29, 1.82) is 0 Å². The molecule has 0 unspecified atom stereocenters. The lowest BCUT2D eigenvalue weighted by Gasteiger charge is -2.07. The van der Waals surface area contributed by atoms with Crippen molar-refractivity contribution >= 4 is 17.6 Å². The molecule has 0 atom stereocenters. The van der Waals surface area contributed by atoms with Crippen LogP contribution in [-0.4, -0.2) is 27.1 Å². The van der Waals surface area contributed by atoms with Crippen LogP contribution in [0.4, 0.5) is 5.69 Å². The lowest BCUT2D eigenvalue weighted by Crippen LogP contribution is -2.13. The number of nitrogens with one attached hydrogen (secondary N) is 1. The molecule has 0 saturated carbocycles. The van der Waals surface area contributed by atoms with E-state index in [4.69, 9.17) is 10.8 Å². The monoisotopic (exact) mass is 287 g/mol. The number of carboxylic acid groups (broad SMARTS) is 1. The topological polar surface area (TPSA) is 126 Å². The van der Waals surface area contributed by atoms with Crippen LogP contribution in [0.1, 0.15) is 26.4 Å². The Morgan fingerprint density at radius 2 is 2.00 bits per heavy atom. The molecule has 0 aliphatic rings. The molecular formula is C14H13N3O4. The number of aromatic nitrogens is 1. The lowest BCUT2D eigenvalue weighted by atomic mass is 10.1. The number of amides is 1. The van der Waals surface area contributed by atoms with Crippen LogP contribution in [-0.2, 0) is 6.54 Å². The molecule has 1 aromatic carbocycles. The Morgan fingerprint density at radius 3 is 2.62 bits per heavy atom. The van der Waals surface area contributed by atoms with E-state index in [-0.39, 0.29) is 17.8 Å². The zero-order valence-corrected chi connectivity index (χ0v) is 10.9. The Balaban J connectivity index is 2.19. The van der Waals surface area contributed by atoms with Crippen LogP contribution in [0.15, 0.2) is 36.5 Å². The standard InChI is InChI=1S/C14H13N3O4/c15-7-10-5-8(3-4-16-10)13(19)17-9-1-2-11(14(20)21)12(18)6-9/h1-6,18H,7,15H2,(H,17,19)(H,20,21). The van der Waals surface area contributed by atoms with Crippen molar-refractivity contribution in [1.82, 2.24) is 4.98 Å². The van der Waals surface area contributed by atoms with Crippen LogP contribution >= 0.6 is 0 Å². The van der Waals surface area contributed by atoms with Gasteiger partial charge in [0.25, 0.3) is 5.91 Å². The number of hydrogen-bond acceptors (Lipinski definition) is 5. The minimum atomic E-state index is -1.24. The molecule has 5 N–H and O–H groups in total. The van der Waals surface area contributed by atoms with Gasteiger partial charge in [-0.3, -0.25) is 9.78 Å². The Morgan fingerprint density at radius 1 is 1.24 bits per heavy atom. The summed E-state index contributed by atoms with van der Waals surface area (Å²) in [6, 6.07) is 6.87. The number of carbonyl (C=O) groups is 2. The number of carboxylic acids is 1. The van der Waals surface area contributed by atoms with Crippen molar-refractivity contribution in [2.75, 3.05) is 5.32 Å². The summed E-state index contributed by atoms with van der Waals surface area (Å²) in [5.41, 5.74) is 6.45. The third-order valence-corrected chi connectivity index (χ3v) is 2.77. The van der Waals surface area contributed by atoms with E-state index in [1.54, 1.807) is 6.07 Å². The van der Waals surface area contributed by atoms with Gasteiger partial charge in [-0.1, -0.05) is 0 Å². The summed E-state index contributed by atoms with van der Waals surface area (Å²) in [7, 11) is 0. The number of hydrogen-bond donors (Lipinski definition) is 4. The number of rotatable bonds is 4. The zero-order valence-electron chi connectivity index (χ0n) is 10.9. The average molecular weight is 287 g/mol. The summed E-state index contributed by atoms with van der Waals surface area (Å²) < 4.78 is 0. The van der Waals surface area contributed by atoms with Gasteiger partial charge in [0.2, 0.25) is 0 Å². The first-order chi connectivity index (χ1) is 10.0. The first-order valence-corrected chi connectivity index (χ1v) is 6.04. The molecule has 21 heavy (non-hydrogen) atoms. The molecule has 108 valence electrons. The Bertz CT molecular complexity index is 700. The van der Waals surface area contributed by atoms with Crippen LogP contribution < -0.4 is 11.1 Å². The molecule has 1 amide bonds. The molecule has 2 rings (SSSR count). The summed E-state index contributed by atoms with van der Waals surface area (Å²) in [6.07, 6.45) is 1.47. The fraction of sp³-hybridized carbons (Fsp3) is 0.0714. The number of pyridine rings is 1. The number of anilines is 1. The number of nitrogens with zero attached hydrogens (tertiary/aromatic N) is 1. The summed E-state index contributed by atoms with van der Waals surface area (Å²) >= 11 is 0. The normalized spacial score (nSPS) is 10.1. The molecule has 2 aromatic rings. The van der Waals surface area contributed by atoms with E-state index >= 15 is 0 Å². The fourth-order valence-electron chi connectivity index (χ4n) is 1.72. The van der Waals surface area contributed by atoms with Crippen molar-refractivity contribution in [2.24, 2.45) is 5.73 Å². The Kier molecular flexibility index (Phi) is 4.15. The van der Waals surface area contributed by atoms with Gasteiger partial charge in [0.05, 0.1) is 5.69 Å².